The van der Waals surface area contributed by atoms with Crippen molar-refractivity contribution in [2.24, 2.45) is 0 Å². The Morgan fingerprint density at radius 3 is 2.33 bits per heavy atom. The lowest BCUT2D eigenvalue weighted by Crippen LogP contribution is -2.14. The molecule has 3 nitrogen and oxygen atoms in total. The number of ketones is 1. The summed E-state index contributed by atoms with van der Waals surface area (Å²) in [6.07, 6.45) is 2.02. The highest BCUT2D eigenvalue weighted by Crippen LogP contribution is 2.10. The Balaban J connectivity index is 2.98. The molecule has 0 radical (unpaired) electrons. The Hall–Kier alpha value is -1.90. The molecule has 0 aliphatic heterocycles. The molecule has 0 unspecified atom stereocenters. The summed E-state index contributed by atoms with van der Waals surface area (Å²) in [5, 5.41) is 8.57. The fourth-order valence-corrected chi connectivity index (χ4v) is 1.22. The van der Waals surface area contributed by atoms with E-state index >= 15 is 0 Å². The van der Waals surface area contributed by atoms with Crippen molar-refractivity contribution in [1.29, 1.82) is 0 Å². The largest absolute Gasteiger partial charge is 0.475 e. The van der Waals surface area contributed by atoms with Gasteiger partial charge in [-0.1, -0.05) is 37.3 Å². The summed E-state index contributed by atoms with van der Waals surface area (Å²) in [5.74, 6) is -2.24. The number of hydrogen-bond acceptors (Lipinski definition) is 2. The zero-order chi connectivity index (χ0) is 11.3. The second-order valence-corrected chi connectivity index (χ2v) is 3.07. The molecule has 0 atom stereocenters. The summed E-state index contributed by atoms with van der Waals surface area (Å²) in [4.78, 5) is 21.7. The molecule has 15 heavy (non-hydrogen) atoms. The van der Waals surface area contributed by atoms with Gasteiger partial charge in [-0.15, -0.1) is 0 Å². The van der Waals surface area contributed by atoms with Crippen LogP contribution in [0.2, 0.25) is 0 Å². The van der Waals surface area contributed by atoms with Crippen molar-refractivity contribution in [3.63, 3.8) is 0 Å². The van der Waals surface area contributed by atoms with Crippen molar-refractivity contribution >= 4 is 17.8 Å². The maximum Gasteiger partial charge on any atom is 0.376 e. The quantitative estimate of drug-likeness (QED) is 0.603. The first kappa shape index (κ1) is 11.2. The van der Waals surface area contributed by atoms with E-state index in [-0.39, 0.29) is 0 Å². The highest BCUT2D eigenvalue weighted by atomic mass is 16.4. The van der Waals surface area contributed by atoms with Crippen LogP contribution in [-0.4, -0.2) is 16.9 Å². The minimum atomic E-state index is -1.40. The molecule has 0 saturated carbocycles. The van der Waals surface area contributed by atoms with Crippen LogP contribution in [-0.2, 0) is 9.59 Å². The van der Waals surface area contributed by atoms with E-state index < -0.39 is 11.8 Å². The van der Waals surface area contributed by atoms with Gasteiger partial charge >= 0.3 is 5.97 Å². The second-order valence-electron chi connectivity index (χ2n) is 3.07. The van der Waals surface area contributed by atoms with Gasteiger partial charge in [0.1, 0.15) is 0 Å². The van der Waals surface area contributed by atoms with Gasteiger partial charge in [-0.25, -0.2) is 4.79 Å². The summed E-state index contributed by atoms with van der Waals surface area (Å²) in [5.41, 5.74) is 1.15. The van der Waals surface area contributed by atoms with Crippen LogP contribution < -0.4 is 0 Å². The number of Topliss-reactive ketones (excluding diaryl/α,β-unsaturated/α-hetero) is 1. The summed E-state index contributed by atoms with van der Waals surface area (Å²) in [6.45, 7) is 1.76. The van der Waals surface area contributed by atoms with Gasteiger partial charge in [-0.2, -0.15) is 0 Å². The molecule has 3 heteroatoms. The first-order valence-electron chi connectivity index (χ1n) is 4.68. The normalized spacial score (nSPS) is 11.1. The minimum Gasteiger partial charge on any atom is -0.475 e. The van der Waals surface area contributed by atoms with E-state index in [0.717, 1.165) is 5.56 Å². The molecule has 0 amide bonds. The Morgan fingerprint density at radius 1 is 1.27 bits per heavy atom. The van der Waals surface area contributed by atoms with Gasteiger partial charge in [0.25, 0.3) is 5.78 Å². The van der Waals surface area contributed by atoms with Gasteiger partial charge in [0.2, 0.25) is 0 Å². The molecular formula is C12H12O3. The van der Waals surface area contributed by atoms with Crippen LogP contribution in [0.15, 0.2) is 35.9 Å². The topological polar surface area (TPSA) is 54.4 Å². The van der Waals surface area contributed by atoms with Crippen LogP contribution in [0.5, 0.6) is 0 Å². The summed E-state index contributed by atoms with van der Waals surface area (Å²) in [7, 11) is 0. The summed E-state index contributed by atoms with van der Waals surface area (Å²) < 4.78 is 0. The van der Waals surface area contributed by atoms with Crippen molar-refractivity contribution in [3.05, 3.63) is 41.5 Å². The number of carbonyl (C=O) groups excluding carboxylic acids is 1. The second kappa shape index (κ2) is 5.10. The summed E-state index contributed by atoms with van der Waals surface area (Å²) in [6, 6.07) is 9.19. The Bertz CT molecular complexity index is 391. The fourth-order valence-electron chi connectivity index (χ4n) is 1.22. The Kier molecular flexibility index (Phi) is 3.80. The van der Waals surface area contributed by atoms with Gasteiger partial charge in [-0.3, -0.25) is 4.79 Å². The molecular weight excluding hydrogens is 192 g/mol. The highest BCUT2D eigenvalue weighted by molar-refractivity contribution is 6.40. The lowest BCUT2D eigenvalue weighted by atomic mass is 10.0. The SMILES string of the molecule is CC/C(=C\c1ccccc1)C(=O)C(=O)O. The predicted molar refractivity (Wildman–Crippen MR) is 57.4 cm³/mol. The number of rotatable bonds is 4. The van der Waals surface area contributed by atoms with E-state index in [2.05, 4.69) is 0 Å². The monoisotopic (exact) mass is 204 g/mol. The van der Waals surface area contributed by atoms with E-state index in [4.69, 9.17) is 5.11 Å². The van der Waals surface area contributed by atoms with Gasteiger partial charge in [0.05, 0.1) is 0 Å². The molecule has 0 bridgehead atoms. The first-order chi connectivity index (χ1) is 7.15. The zero-order valence-corrected chi connectivity index (χ0v) is 8.43. The van der Waals surface area contributed by atoms with Gasteiger partial charge in [-0.05, 0) is 18.1 Å². The average molecular weight is 204 g/mol. The standard InChI is InChI=1S/C12H12O3/c1-2-10(11(13)12(14)15)8-9-6-4-3-5-7-9/h3-8H,2H2,1H3,(H,14,15)/b10-8+. The van der Waals surface area contributed by atoms with Crippen LogP contribution in [0.4, 0.5) is 0 Å². The number of hydrogen-bond donors (Lipinski definition) is 1. The average Bonchev–Trinajstić information content (AvgIpc) is 2.26. The summed E-state index contributed by atoms with van der Waals surface area (Å²) >= 11 is 0. The van der Waals surface area contributed by atoms with Crippen molar-refractivity contribution in [3.8, 4) is 0 Å². The van der Waals surface area contributed by atoms with Gasteiger partial charge in [0.15, 0.2) is 0 Å². The van der Waals surface area contributed by atoms with E-state index in [9.17, 15) is 9.59 Å². The molecule has 1 N–H and O–H groups in total. The third-order valence-electron chi connectivity index (χ3n) is 2.01. The van der Waals surface area contributed by atoms with Crippen LogP contribution in [0.25, 0.3) is 6.08 Å². The first-order valence-corrected chi connectivity index (χ1v) is 4.68. The number of carboxylic acids is 1. The molecule has 1 aromatic rings. The van der Waals surface area contributed by atoms with Crippen LogP contribution in [0.3, 0.4) is 0 Å². The lowest BCUT2D eigenvalue weighted by molar-refractivity contribution is -0.147. The highest BCUT2D eigenvalue weighted by Gasteiger charge is 2.15. The molecule has 78 valence electrons. The van der Waals surface area contributed by atoms with Crippen LogP contribution in [0, 0.1) is 0 Å². The maximum atomic E-state index is 11.2. The molecule has 0 aliphatic carbocycles. The molecule has 1 aromatic carbocycles. The van der Waals surface area contributed by atoms with E-state index in [1.54, 1.807) is 13.0 Å². The molecule has 0 fully saturated rings. The Morgan fingerprint density at radius 2 is 1.87 bits per heavy atom. The van der Waals surface area contributed by atoms with E-state index in [1.165, 1.54) is 0 Å². The van der Waals surface area contributed by atoms with Gasteiger partial charge < -0.3 is 5.11 Å². The maximum absolute atomic E-state index is 11.2. The van der Waals surface area contributed by atoms with Crippen LogP contribution in [0.1, 0.15) is 18.9 Å². The number of benzene rings is 1. The van der Waals surface area contributed by atoms with Crippen LogP contribution >= 0.6 is 0 Å². The van der Waals surface area contributed by atoms with Crippen molar-refractivity contribution in [1.82, 2.24) is 0 Å². The zero-order valence-electron chi connectivity index (χ0n) is 8.43. The van der Waals surface area contributed by atoms with Crippen molar-refractivity contribution in [2.75, 3.05) is 0 Å². The van der Waals surface area contributed by atoms with Crippen molar-refractivity contribution in [2.45, 2.75) is 13.3 Å². The third kappa shape index (κ3) is 3.06. The number of carbonyl (C=O) groups is 2. The van der Waals surface area contributed by atoms with E-state index in [1.807, 2.05) is 30.3 Å². The Labute approximate surface area is 88.0 Å². The molecule has 0 spiro atoms. The third-order valence-corrected chi connectivity index (χ3v) is 2.01. The number of carboxylic acid groups (broad SMARTS) is 1. The lowest BCUT2D eigenvalue weighted by Gasteiger charge is -1.99. The van der Waals surface area contributed by atoms with Gasteiger partial charge in [0, 0.05) is 5.57 Å². The fraction of sp³-hybridized carbons (Fsp3) is 0.167. The molecule has 1 rings (SSSR count). The van der Waals surface area contributed by atoms with E-state index in [0.29, 0.717) is 12.0 Å². The molecule has 0 aromatic heterocycles. The smallest absolute Gasteiger partial charge is 0.376 e. The predicted octanol–water partition coefficient (Wildman–Crippen LogP) is 2.13. The molecule has 0 aliphatic rings. The number of aliphatic carboxylic acids is 1. The minimum absolute atomic E-state index is 0.314. The molecule has 0 saturated heterocycles. The van der Waals surface area contributed by atoms with Crippen molar-refractivity contribution < 1.29 is 14.7 Å². The molecule has 0 heterocycles.